The maximum absolute atomic E-state index is 12.9. The number of hydrogen-bond donors (Lipinski definition) is 1. The summed E-state index contributed by atoms with van der Waals surface area (Å²) in [7, 11) is 0. The summed E-state index contributed by atoms with van der Waals surface area (Å²) in [5.74, 6) is 0.540. The Labute approximate surface area is 162 Å². The van der Waals surface area contributed by atoms with Crippen LogP contribution < -0.4 is 5.32 Å². The number of carbonyl (C=O) groups is 1. The molecule has 2 heterocycles. The Morgan fingerprint density at radius 2 is 1.71 bits per heavy atom. The lowest BCUT2D eigenvalue weighted by atomic mass is 9.99. The average Bonchev–Trinajstić information content (AvgIpc) is 3.28. The molecular formula is C22H19N5O. The van der Waals surface area contributed by atoms with Crippen LogP contribution in [0.3, 0.4) is 0 Å². The van der Waals surface area contributed by atoms with Crippen LogP contribution in [-0.2, 0) is 13.0 Å². The molecule has 1 amide bonds. The lowest BCUT2D eigenvalue weighted by Crippen LogP contribution is -2.25. The Balaban J connectivity index is 1.51. The molecule has 1 N–H and O–H groups in total. The highest BCUT2D eigenvalue weighted by Gasteiger charge is 2.13. The van der Waals surface area contributed by atoms with Gasteiger partial charge in [-0.3, -0.25) is 4.79 Å². The van der Waals surface area contributed by atoms with E-state index in [1.807, 2.05) is 54.6 Å². The van der Waals surface area contributed by atoms with Gasteiger partial charge in [0, 0.05) is 23.9 Å². The third-order valence-electron chi connectivity index (χ3n) is 4.44. The SMILES string of the molecule is O=C(NCc1cccnc1-n1cncn1)c1ccccc1Cc1ccccc1. The number of nitrogens with one attached hydrogen (secondary N) is 1. The quantitative estimate of drug-likeness (QED) is 0.567. The Morgan fingerprint density at radius 1 is 0.929 bits per heavy atom. The normalized spacial score (nSPS) is 10.6. The minimum absolute atomic E-state index is 0.111. The van der Waals surface area contributed by atoms with E-state index >= 15 is 0 Å². The summed E-state index contributed by atoms with van der Waals surface area (Å²) in [6.07, 6.45) is 5.44. The van der Waals surface area contributed by atoms with Crippen LogP contribution >= 0.6 is 0 Å². The van der Waals surface area contributed by atoms with E-state index in [0.717, 1.165) is 11.1 Å². The predicted octanol–water partition coefficient (Wildman–Crippen LogP) is 3.18. The minimum atomic E-state index is -0.111. The Kier molecular flexibility index (Phi) is 5.20. The monoisotopic (exact) mass is 369 g/mol. The number of carbonyl (C=O) groups excluding carboxylic acids is 1. The molecule has 0 aliphatic carbocycles. The zero-order valence-electron chi connectivity index (χ0n) is 15.2. The molecule has 138 valence electrons. The molecule has 0 saturated carbocycles. The van der Waals surface area contributed by atoms with Crippen LogP contribution in [0.1, 0.15) is 27.0 Å². The molecule has 4 aromatic rings. The predicted molar refractivity (Wildman–Crippen MR) is 106 cm³/mol. The highest BCUT2D eigenvalue weighted by molar-refractivity contribution is 5.95. The largest absolute Gasteiger partial charge is 0.348 e. The Morgan fingerprint density at radius 3 is 2.54 bits per heavy atom. The standard InChI is InChI=1S/C22H19N5O/c28-22(20-11-5-4-9-18(20)13-17-7-2-1-3-8-17)25-14-19-10-6-12-24-21(19)27-16-23-15-26-27/h1-12,15-16H,13-14H2,(H,25,28). The van der Waals surface area contributed by atoms with E-state index in [0.29, 0.717) is 24.3 Å². The van der Waals surface area contributed by atoms with Gasteiger partial charge in [-0.15, -0.1) is 0 Å². The van der Waals surface area contributed by atoms with Gasteiger partial charge < -0.3 is 5.32 Å². The fraction of sp³-hybridized carbons (Fsp3) is 0.0909. The van der Waals surface area contributed by atoms with Crippen molar-refractivity contribution in [2.75, 3.05) is 0 Å². The zero-order valence-corrected chi connectivity index (χ0v) is 15.2. The molecule has 2 aromatic heterocycles. The van der Waals surface area contributed by atoms with E-state index in [1.165, 1.54) is 11.9 Å². The second-order valence-electron chi connectivity index (χ2n) is 6.33. The second-order valence-corrected chi connectivity index (χ2v) is 6.33. The molecule has 0 saturated heterocycles. The summed E-state index contributed by atoms with van der Waals surface area (Å²) in [5.41, 5.74) is 3.71. The van der Waals surface area contributed by atoms with Crippen molar-refractivity contribution in [2.45, 2.75) is 13.0 Å². The van der Waals surface area contributed by atoms with Crippen molar-refractivity contribution in [2.24, 2.45) is 0 Å². The molecule has 4 rings (SSSR count). The smallest absolute Gasteiger partial charge is 0.251 e. The lowest BCUT2D eigenvalue weighted by Gasteiger charge is -2.12. The maximum Gasteiger partial charge on any atom is 0.251 e. The summed E-state index contributed by atoms with van der Waals surface area (Å²) in [6.45, 7) is 0.349. The van der Waals surface area contributed by atoms with Crippen LogP contribution in [0.2, 0.25) is 0 Å². The van der Waals surface area contributed by atoms with E-state index in [2.05, 4.69) is 32.5 Å². The third-order valence-corrected chi connectivity index (χ3v) is 4.44. The summed E-state index contributed by atoms with van der Waals surface area (Å²) >= 11 is 0. The topological polar surface area (TPSA) is 72.7 Å². The highest BCUT2D eigenvalue weighted by atomic mass is 16.1. The number of aromatic nitrogens is 4. The Hall–Kier alpha value is -3.80. The lowest BCUT2D eigenvalue weighted by molar-refractivity contribution is 0.0950. The van der Waals surface area contributed by atoms with Crippen molar-refractivity contribution in [1.82, 2.24) is 25.1 Å². The van der Waals surface area contributed by atoms with Gasteiger partial charge >= 0.3 is 0 Å². The first-order chi connectivity index (χ1) is 13.8. The second kappa shape index (κ2) is 8.26. The van der Waals surface area contributed by atoms with Crippen molar-refractivity contribution in [3.05, 3.63) is 108 Å². The molecule has 6 heteroatoms. The van der Waals surface area contributed by atoms with Crippen LogP contribution in [0.4, 0.5) is 0 Å². The molecular weight excluding hydrogens is 350 g/mol. The van der Waals surface area contributed by atoms with E-state index < -0.39 is 0 Å². The number of hydrogen-bond acceptors (Lipinski definition) is 4. The van der Waals surface area contributed by atoms with Gasteiger partial charge in [0.1, 0.15) is 12.7 Å². The van der Waals surface area contributed by atoms with Gasteiger partial charge in [-0.2, -0.15) is 5.10 Å². The molecule has 28 heavy (non-hydrogen) atoms. The maximum atomic E-state index is 12.9. The van der Waals surface area contributed by atoms with Crippen LogP contribution in [0.5, 0.6) is 0 Å². The van der Waals surface area contributed by atoms with Crippen LogP contribution in [0.15, 0.2) is 85.6 Å². The zero-order chi connectivity index (χ0) is 19.2. The van der Waals surface area contributed by atoms with Crippen molar-refractivity contribution in [3.8, 4) is 5.82 Å². The highest BCUT2D eigenvalue weighted by Crippen LogP contribution is 2.15. The first kappa shape index (κ1) is 17.6. The van der Waals surface area contributed by atoms with Gasteiger partial charge in [0.25, 0.3) is 5.91 Å². The van der Waals surface area contributed by atoms with Gasteiger partial charge in [-0.05, 0) is 29.7 Å². The van der Waals surface area contributed by atoms with E-state index in [9.17, 15) is 4.79 Å². The number of benzene rings is 2. The molecule has 0 fully saturated rings. The van der Waals surface area contributed by atoms with Gasteiger partial charge in [0.2, 0.25) is 0 Å². The van der Waals surface area contributed by atoms with Crippen LogP contribution in [0, 0.1) is 0 Å². The van der Waals surface area contributed by atoms with Gasteiger partial charge in [-0.1, -0.05) is 54.6 Å². The molecule has 2 aromatic carbocycles. The average molecular weight is 369 g/mol. The van der Waals surface area contributed by atoms with Crippen molar-refractivity contribution < 1.29 is 4.79 Å². The minimum Gasteiger partial charge on any atom is -0.348 e. The van der Waals surface area contributed by atoms with E-state index in [1.54, 1.807) is 17.2 Å². The Bertz CT molecular complexity index is 1060. The number of amides is 1. The molecule has 0 spiro atoms. The van der Waals surface area contributed by atoms with Gasteiger partial charge in [0.15, 0.2) is 5.82 Å². The first-order valence-electron chi connectivity index (χ1n) is 9.00. The van der Waals surface area contributed by atoms with Crippen LogP contribution in [0.25, 0.3) is 5.82 Å². The molecule has 0 unspecified atom stereocenters. The molecule has 0 aliphatic heterocycles. The van der Waals surface area contributed by atoms with E-state index in [-0.39, 0.29) is 5.91 Å². The summed E-state index contributed by atoms with van der Waals surface area (Å²) in [6, 6.07) is 21.6. The molecule has 6 nitrogen and oxygen atoms in total. The number of pyridine rings is 1. The molecule has 0 radical (unpaired) electrons. The van der Waals surface area contributed by atoms with Crippen LogP contribution in [-0.4, -0.2) is 25.7 Å². The number of nitrogens with zero attached hydrogens (tertiary/aromatic N) is 4. The molecule has 0 atom stereocenters. The van der Waals surface area contributed by atoms with Crippen molar-refractivity contribution >= 4 is 5.91 Å². The van der Waals surface area contributed by atoms with Crippen molar-refractivity contribution in [3.63, 3.8) is 0 Å². The molecule has 0 aliphatic rings. The first-order valence-corrected chi connectivity index (χ1v) is 9.00. The molecule has 0 bridgehead atoms. The fourth-order valence-electron chi connectivity index (χ4n) is 3.07. The number of rotatable bonds is 6. The summed E-state index contributed by atoms with van der Waals surface area (Å²) in [5, 5.41) is 7.13. The third kappa shape index (κ3) is 3.96. The van der Waals surface area contributed by atoms with Gasteiger partial charge in [0.05, 0.1) is 0 Å². The van der Waals surface area contributed by atoms with Crippen molar-refractivity contribution in [1.29, 1.82) is 0 Å². The van der Waals surface area contributed by atoms with E-state index in [4.69, 9.17) is 0 Å². The van der Waals surface area contributed by atoms with Gasteiger partial charge in [-0.25, -0.2) is 14.6 Å². The fourth-order valence-corrected chi connectivity index (χ4v) is 3.07. The summed E-state index contributed by atoms with van der Waals surface area (Å²) < 4.78 is 1.59. The summed E-state index contributed by atoms with van der Waals surface area (Å²) in [4.78, 5) is 21.2.